The van der Waals surface area contributed by atoms with Crippen LogP contribution in [-0.2, 0) is 21.1 Å². The van der Waals surface area contributed by atoms with Crippen molar-refractivity contribution in [2.24, 2.45) is 4.99 Å². The molecule has 0 bridgehead atoms. The molecule has 2 heterocycles. The minimum Gasteiger partial charge on any atom is -0.497 e. The van der Waals surface area contributed by atoms with Gasteiger partial charge in [-0.1, -0.05) is 47.7 Å². The normalized spacial score (nSPS) is 23.9. The van der Waals surface area contributed by atoms with Crippen LogP contribution in [0.1, 0.15) is 11.1 Å². The zero-order chi connectivity index (χ0) is 20.6. The van der Waals surface area contributed by atoms with Crippen LogP contribution in [-0.4, -0.2) is 49.4 Å². The molecule has 2 aromatic carbocycles. The van der Waals surface area contributed by atoms with Gasteiger partial charge in [0.05, 0.1) is 31.1 Å². The molecule has 6 nitrogen and oxygen atoms in total. The number of anilines is 1. The van der Waals surface area contributed by atoms with Gasteiger partial charge in [0, 0.05) is 17.0 Å². The van der Waals surface area contributed by atoms with E-state index in [1.165, 1.54) is 11.8 Å². The predicted octanol–water partition coefficient (Wildman–Crippen LogP) is 2.85. The lowest BCUT2D eigenvalue weighted by Crippen LogP contribution is -2.37. The lowest BCUT2D eigenvalue weighted by atomic mass is 10.1. The number of amides is 1. The predicted molar refractivity (Wildman–Crippen MR) is 117 cm³/mol. The fourth-order valence-corrected chi connectivity index (χ4v) is 7.70. The van der Waals surface area contributed by atoms with Gasteiger partial charge in [0.15, 0.2) is 15.0 Å². The van der Waals surface area contributed by atoms with Crippen molar-refractivity contribution in [3.05, 3.63) is 59.7 Å². The van der Waals surface area contributed by atoms with Gasteiger partial charge in [-0.2, -0.15) is 4.99 Å². The van der Waals surface area contributed by atoms with E-state index in [1.54, 1.807) is 7.11 Å². The van der Waals surface area contributed by atoms with Crippen molar-refractivity contribution in [1.29, 1.82) is 0 Å². The first-order valence-electron chi connectivity index (χ1n) is 9.32. The monoisotopic (exact) mass is 430 g/mol. The number of benzene rings is 2. The van der Waals surface area contributed by atoms with Crippen molar-refractivity contribution in [3.8, 4) is 5.75 Å². The summed E-state index contributed by atoms with van der Waals surface area (Å²) in [6.07, 6.45) is 0.214. The van der Waals surface area contributed by atoms with Crippen LogP contribution >= 0.6 is 11.8 Å². The number of sulfone groups is 1. The summed E-state index contributed by atoms with van der Waals surface area (Å²) in [5, 5.41) is 0.428. The smallest absolute Gasteiger partial charge is 0.252 e. The quantitative estimate of drug-likeness (QED) is 0.743. The molecule has 2 fully saturated rings. The lowest BCUT2D eigenvalue weighted by Gasteiger charge is -2.24. The number of nitrogens with zero attached hydrogens (tertiary/aromatic N) is 2. The highest BCUT2D eigenvalue weighted by Crippen LogP contribution is 2.41. The van der Waals surface area contributed by atoms with E-state index in [4.69, 9.17) is 4.74 Å². The number of thioether (sulfide) groups is 1. The molecule has 2 aromatic rings. The van der Waals surface area contributed by atoms with Gasteiger partial charge in [-0.15, -0.1) is 0 Å². The van der Waals surface area contributed by atoms with Gasteiger partial charge in [-0.05, 0) is 24.6 Å². The molecule has 0 N–H and O–H groups in total. The number of methoxy groups -OCH3 is 1. The van der Waals surface area contributed by atoms with Gasteiger partial charge < -0.3 is 9.64 Å². The summed E-state index contributed by atoms with van der Waals surface area (Å²) in [7, 11) is -1.52. The van der Waals surface area contributed by atoms with Crippen LogP contribution in [0.4, 0.5) is 5.69 Å². The van der Waals surface area contributed by atoms with Crippen molar-refractivity contribution in [2.75, 3.05) is 23.5 Å². The number of carbonyl (C=O) groups is 1. The van der Waals surface area contributed by atoms with Gasteiger partial charge in [-0.3, -0.25) is 4.79 Å². The number of rotatable bonds is 4. The average Bonchev–Trinajstić information content (AvgIpc) is 3.12. The minimum atomic E-state index is -3.10. The van der Waals surface area contributed by atoms with E-state index in [0.29, 0.717) is 10.9 Å². The molecule has 1 amide bonds. The molecule has 0 saturated carbocycles. The fraction of sp³-hybridized carbons (Fsp3) is 0.333. The molecule has 2 atom stereocenters. The maximum atomic E-state index is 12.7. The Hall–Kier alpha value is -2.32. The Morgan fingerprint density at radius 2 is 2.00 bits per heavy atom. The number of amidine groups is 1. The third-order valence-electron chi connectivity index (χ3n) is 5.06. The van der Waals surface area contributed by atoms with Gasteiger partial charge in [0.2, 0.25) is 0 Å². The highest BCUT2D eigenvalue weighted by Gasteiger charge is 2.49. The van der Waals surface area contributed by atoms with Crippen molar-refractivity contribution in [2.45, 2.75) is 24.6 Å². The molecule has 2 aliphatic heterocycles. The molecule has 4 rings (SSSR count). The van der Waals surface area contributed by atoms with Crippen LogP contribution in [0.5, 0.6) is 5.75 Å². The Labute approximate surface area is 174 Å². The Balaban J connectivity index is 1.65. The third kappa shape index (κ3) is 4.33. The third-order valence-corrected chi connectivity index (χ3v) is 8.27. The van der Waals surface area contributed by atoms with E-state index in [0.717, 1.165) is 16.8 Å². The molecule has 0 unspecified atom stereocenters. The Kier molecular flexibility index (Phi) is 5.40. The van der Waals surface area contributed by atoms with Crippen molar-refractivity contribution >= 4 is 38.4 Å². The summed E-state index contributed by atoms with van der Waals surface area (Å²) in [5.74, 6) is 0.594. The molecule has 0 spiro atoms. The largest absolute Gasteiger partial charge is 0.497 e. The standard InChI is InChI=1S/C21H22N2O4S2/c1-14-5-3-6-15(9-14)10-20(24)22-21-23(16-7-4-8-17(11-16)27-2)18-12-29(25,26)13-19(18)28-21/h3-9,11,18-19H,10,12-13H2,1-2H3/t18-,19-/m1/s1. The number of hydrogen-bond donors (Lipinski definition) is 0. The second-order valence-electron chi connectivity index (χ2n) is 7.33. The Bertz CT molecular complexity index is 1080. The summed E-state index contributed by atoms with van der Waals surface area (Å²) >= 11 is 1.38. The molecule has 152 valence electrons. The molecule has 0 radical (unpaired) electrons. The highest BCUT2D eigenvalue weighted by atomic mass is 32.2. The summed E-state index contributed by atoms with van der Waals surface area (Å²) < 4.78 is 29.7. The molecule has 29 heavy (non-hydrogen) atoms. The van der Waals surface area contributed by atoms with Gasteiger partial charge in [0.1, 0.15) is 5.75 Å². The number of aliphatic imine (C=N–C) groups is 1. The zero-order valence-corrected chi connectivity index (χ0v) is 17.9. The first kappa shape index (κ1) is 20.0. The molecule has 0 aromatic heterocycles. The van der Waals surface area contributed by atoms with Crippen LogP contribution in [0.3, 0.4) is 0 Å². The maximum absolute atomic E-state index is 12.7. The Morgan fingerprint density at radius 3 is 2.76 bits per heavy atom. The van der Waals surface area contributed by atoms with Gasteiger partial charge in [0.25, 0.3) is 5.91 Å². The van der Waals surface area contributed by atoms with Crippen LogP contribution in [0.15, 0.2) is 53.5 Å². The van der Waals surface area contributed by atoms with E-state index in [1.807, 2.05) is 60.4 Å². The van der Waals surface area contributed by atoms with Crippen molar-refractivity contribution in [3.63, 3.8) is 0 Å². The molecular formula is C21H22N2O4S2. The van der Waals surface area contributed by atoms with E-state index >= 15 is 0 Å². The fourth-order valence-electron chi connectivity index (χ4n) is 3.77. The molecule has 2 saturated heterocycles. The first-order chi connectivity index (χ1) is 13.8. The number of carbonyl (C=O) groups excluding carboxylic acids is 1. The maximum Gasteiger partial charge on any atom is 0.252 e. The van der Waals surface area contributed by atoms with Crippen molar-refractivity contribution < 1.29 is 17.9 Å². The van der Waals surface area contributed by atoms with Gasteiger partial charge >= 0.3 is 0 Å². The summed E-state index contributed by atoms with van der Waals surface area (Å²) in [6.45, 7) is 1.98. The number of hydrogen-bond acceptors (Lipinski definition) is 5. The van der Waals surface area contributed by atoms with E-state index < -0.39 is 9.84 Å². The Morgan fingerprint density at radius 1 is 1.21 bits per heavy atom. The summed E-state index contributed by atoms with van der Waals surface area (Å²) in [5.41, 5.74) is 2.79. The van der Waals surface area contributed by atoms with Gasteiger partial charge in [-0.25, -0.2) is 8.42 Å². The van der Waals surface area contributed by atoms with E-state index in [-0.39, 0.29) is 35.1 Å². The van der Waals surface area contributed by atoms with Crippen LogP contribution in [0, 0.1) is 6.92 Å². The SMILES string of the molecule is COc1cccc(N2C(=NC(=O)Cc3cccc(C)c3)S[C@@H]3CS(=O)(=O)C[C@H]32)c1. The second kappa shape index (κ2) is 7.84. The molecule has 8 heteroatoms. The average molecular weight is 431 g/mol. The highest BCUT2D eigenvalue weighted by molar-refractivity contribution is 8.16. The van der Waals surface area contributed by atoms with Crippen LogP contribution in [0.25, 0.3) is 0 Å². The number of ether oxygens (including phenoxy) is 1. The second-order valence-corrected chi connectivity index (χ2v) is 10.7. The number of fused-ring (bicyclic) bond motifs is 1. The zero-order valence-electron chi connectivity index (χ0n) is 16.2. The van der Waals surface area contributed by atoms with E-state index in [2.05, 4.69) is 4.99 Å². The van der Waals surface area contributed by atoms with Crippen LogP contribution < -0.4 is 9.64 Å². The molecule has 0 aliphatic carbocycles. The van der Waals surface area contributed by atoms with Crippen LogP contribution in [0.2, 0.25) is 0 Å². The van der Waals surface area contributed by atoms with E-state index in [9.17, 15) is 13.2 Å². The molecular weight excluding hydrogens is 408 g/mol. The topological polar surface area (TPSA) is 76.0 Å². The first-order valence-corrected chi connectivity index (χ1v) is 12.0. The van der Waals surface area contributed by atoms with Crippen molar-refractivity contribution in [1.82, 2.24) is 0 Å². The lowest BCUT2D eigenvalue weighted by molar-refractivity contribution is -0.117. The summed E-state index contributed by atoms with van der Waals surface area (Å²) in [4.78, 5) is 18.9. The number of aryl methyl sites for hydroxylation is 1. The summed E-state index contributed by atoms with van der Waals surface area (Å²) in [6, 6.07) is 15.0. The minimum absolute atomic E-state index is 0.0625. The molecule has 2 aliphatic rings.